The molecule has 1 amide bonds. The van der Waals surface area contributed by atoms with E-state index in [1.165, 1.54) is 12.1 Å². The van der Waals surface area contributed by atoms with Crippen molar-refractivity contribution in [2.75, 3.05) is 13.2 Å². The molecular formula is C14H17ClFNO3. The highest BCUT2D eigenvalue weighted by Gasteiger charge is 2.23. The van der Waals surface area contributed by atoms with Gasteiger partial charge in [-0.1, -0.05) is 11.6 Å². The van der Waals surface area contributed by atoms with Crippen LogP contribution in [0.1, 0.15) is 19.8 Å². The Labute approximate surface area is 122 Å². The molecule has 6 heteroatoms. The zero-order chi connectivity index (χ0) is 14.5. The minimum atomic E-state index is -0.446. The lowest BCUT2D eigenvalue weighted by Crippen LogP contribution is -2.42. The monoisotopic (exact) mass is 301 g/mol. The first-order valence-electron chi connectivity index (χ1n) is 6.55. The minimum absolute atomic E-state index is 0.0581. The molecule has 2 rings (SSSR count). The van der Waals surface area contributed by atoms with E-state index in [1.807, 2.05) is 6.92 Å². The minimum Gasteiger partial charge on any atom is -0.482 e. The summed E-state index contributed by atoms with van der Waals surface area (Å²) in [7, 11) is 0. The molecule has 1 aliphatic heterocycles. The van der Waals surface area contributed by atoms with Crippen molar-refractivity contribution in [2.45, 2.75) is 31.9 Å². The second-order valence-corrected chi connectivity index (χ2v) is 5.18. The first kappa shape index (κ1) is 15.1. The fourth-order valence-electron chi connectivity index (χ4n) is 2.12. The molecule has 20 heavy (non-hydrogen) atoms. The predicted molar refractivity (Wildman–Crippen MR) is 73.5 cm³/mol. The van der Waals surface area contributed by atoms with Crippen LogP contribution in [0.15, 0.2) is 18.2 Å². The predicted octanol–water partition coefficient (Wildman–Crippen LogP) is 2.54. The van der Waals surface area contributed by atoms with Crippen LogP contribution in [-0.4, -0.2) is 31.3 Å². The molecule has 1 aromatic rings. The third-order valence-electron chi connectivity index (χ3n) is 3.16. The number of benzene rings is 1. The number of hydrogen-bond donors (Lipinski definition) is 1. The molecule has 1 N–H and O–H groups in total. The van der Waals surface area contributed by atoms with Gasteiger partial charge in [0.05, 0.1) is 17.2 Å². The van der Waals surface area contributed by atoms with Crippen molar-refractivity contribution in [1.82, 2.24) is 5.32 Å². The Morgan fingerprint density at radius 3 is 3.10 bits per heavy atom. The molecule has 0 aromatic heterocycles. The summed E-state index contributed by atoms with van der Waals surface area (Å²) < 4.78 is 23.6. The maximum absolute atomic E-state index is 12.9. The van der Waals surface area contributed by atoms with Gasteiger partial charge in [0.1, 0.15) is 11.6 Å². The molecule has 0 aliphatic carbocycles. The van der Waals surface area contributed by atoms with Gasteiger partial charge in [0.25, 0.3) is 5.91 Å². The quantitative estimate of drug-likeness (QED) is 0.909. The largest absolute Gasteiger partial charge is 0.482 e. The van der Waals surface area contributed by atoms with Gasteiger partial charge in [-0.25, -0.2) is 4.39 Å². The van der Waals surface area contributed by atoms with Gasteiger partial charge in [-0.3, -0.25) is 4.79 Å². The van der Waals surface area contributed by atoms with Crippen molar-refractivity contribution in [3.8, 4) is 5.75 Å². The summed E-state index contributed by atoms with van der Waals surface area (Å²) in [6, 6.07) is 3.71. The van der Waals surface area contributed by atoms with Crippen molar-refractivity contribution in [2.24, 2.45) is 0 Å². The van der Waals surface area contributed by atoms with E-state index in [1.54, 1.807) is 0 Å². The van der Waals surface area contributed by atoms with Gasteiger partial charge in [-0.15, -0.1) is 0 Å². The maximum atomic E-state index is 12.9. The third-order valence-corrected chi connectivity index (χ3v) is 3.46. The summed E-state index contributed by atoms with van der Waals surface area (Å²) in [6.45, 7) is 2.48. The van der Waals surface area contributed by atoms with E-state index >= 15 is 0 Å². The Morgan fingerprint density at radius 1 is 1.65 bits per heavy atom. The fraction of sp³-hybridized carbons (Fsp3) is 0.500. The van der Waals surface area contributed by atoms with Crippen LogP contribution < -0.4 is 10.1 Å². The standard InChI is InChI=1S/C14H17ClFNO3/c1-9(12-3-2-6-19-12)17-14(18)8-20-13-5-4-10(16)7-11(13)15/h4-5,7,9,12H,2-3,6,8H2,1H3,(H,17,18)/t9-,12-/m1/s1. The Balaban J connectivity index is 1.79. The Hall–Kier alpha value is -1.33. The van der Waals surface area contributed by atoms with E-state index in [0.29, 0.717) is 0 Å². The number of halogens is 2. The number of carbonyl (C=O) groups is 1. The fourth-order valence-corrected chi connectivity index (χ4v) is 2.34. The smallest absolute Gasteiger partial charge is 0.258 e. The SMILES string of the molecule is C[C@@H](NC(=O)COc1ccc(F)cc1Cl)[C@H]1CCCO1. The number of rotatable bonds is 5. The summed E-state index contributed by atoms with van der Waals surface area (Å²) in [5.41, 5.74) is 0. The van der Waals surface area contributed by atoms with E-state index in [4.69, 9.17) is 21.1 Å². The molecule has 2 atom stereocenters. The molecule has 1 aliphatic rings. The molecule has 1 heterocycles. The summed E-state index contributed by atoms with van der Waals surface area (Å²) >= 11 is 5.81. The average Bonchev–Trinajstić information content (AvgIpc) is 2.91. The third kappa shape index (κ3) is 4.08. The van der Waals surface area contributed by atoms with E-state index < -0.39 is 5.82 Å². The summed E-state index contributed by atoms with van der Waals surface area (Å²) in [4.78, 5) is 11.8. The Bertz CT molecular complexity index is 477. The molecule has 0 spiro atoms. The number of carbonyl (C=O) groups excluding carboxylic acids is 1. The van der Waals surface area contributed by atoms with Crippen LogP contribution in [-0.2, 0) is 9.53 Å². The van der Waals surface area contributed by atoms with Crippen molar-refractivity contribution in [1.29, 1.82) is 0 Å². The van der Waals surface area contributed by atoms with Crippen molar-refractivity contribution >= 4 is 17.5 Å². The number of amides is 1. The van der Waals surface area contributed by atoms with Crippen LogP contribution in [0.3, 0.4) is 0 Å². The molecule has 110 valence electrons. The topological polar surface area (TPSA) is 47.6 Å². The molecule has 0 saturated carbocycles. The van der Waals surface area contributed by atoms with Gasteiger partial charge in [-0.2, -0.15) is 0 Å². The maximum Gasteiger partial charge on any atom is 0.258 e. The van der Waals surface area contributed by atoms with E-state index in [0.717, 1.165) is 25.5 Å². The zero-order valence-corrected chi connectivity index (χ0v) is 12.0. The van der Waals surface area contributed by atoms with Gasteiger partial charge in [0.15, 0.2) is 6.61 Å². The summed E-state index contributed by atoms with van der Waals surface area (Å²) in [5, 5.41) is 2.96. The Morgan fingerprint density at radius 2 is 2.45 bits per heavy atom. The van der Waals surface area contributed by atoms with Gasteiger partial charge < -0.3 is 14.8 Å². The highest BCUT2D eigenvalue weighted by Crippen LogP contribution is 2.24. The van der Waals surface area contributed by atoms with Gasteiger partial charge in [0, 0.05) is 6.61 Å². The van der Waals surface area contributed by atoms with Gasteiger partial charge >= 0.3 is 0 Å². The van der Waals surface area contributed by atoms with E-state index in [9.17, 15) is 9.18 Å². The van der Waals surface area contributed by atoms with E-state index in [-0.39, 0.29) is 35.4 Å². The van der Waals surface area contributed by atoms with Crippen LogP contribution in [0.4, 0.5) is 4.39 Å². The van der Waals surface area contributed by atoms with Crippen LogP contribution in [0.5, 0.6) is 5.75 Å². The molecule has 1 saturated heterocycles. The second kappa shape index (κ2) is 6.90. The normalized spacial score (nSPS) is 19.6. The van der Waals surface area contributed by atoms with Crippen molar-refractivity contribution in [3.63, 3.8) is 0 Å². The molecule has 0 bridgehead atoms. The van der Waals surface area contributed by atoms with Gasteiger partial charge in [0.2, 0.25) is 0 Å². The highest BCUT2D eigenvalue weighted by molar-refractivity contribution is 6.32. The van der Waals surface area contributed by atoms with Gasteiger partial charge in [-0.05, 0) is 38.0 Å². The highest BCUT2D eigenvalue weighted by atomic mass is 35.5. The van der Waals surface area contributed by atoms with E-state index in [2.05, 4.69) is 5.32 Å². The van der Waals surface area contributed by atoms with Crippen molar-refractivity contribution in [3.05, 3.63) is 29.0 Å². The zero-order valence-electron chi connectivity index (χ0n) is 11.2. The van der Waals surface area contributed by atoms with Crippen LogP contribution in [0.25, 0.3) is 0 Å². The second-order valence-electron chi connectivity index (χ2n) is 4.77. The number of ether oxygens (including phenoxy) is 2. The van der Waals surface area contributed by atoms with Crippen molar-refractivity contribution < 1.29 is 18.7 Å². The lowest BCUT2D eigenvalue weighted by Gasteiger charge is -2.20. The number of nitrogens with one attached hydrogen (secondary N) is 1. The van der Waals surface area contributed by atoms with Crippen LogP contribution in [0, 0.1) is 5.82 Å². The number of hydrogen-bond acceptors (Lipinski definition) is 3. The molecule has 4 nitrogen and oxygen atoms in total. The summed E-state index contributed by atoms with van der Waals surface area (Å²) in [5.74, 6) is -0.416. The average molecular weight is 302 g/mol. The molecule has 0 radical (unpaired) electrons. The molecule has 1 aromatic carbocycles. The first-order valence-corrected chi connectivity index (χ1v) is 6.93. The molecule has 0 unspecified atom stereocenters. The van der Waals surface area contributed by atoms with Crippen LogP contribution >= 0.6 is 11.6 Å². The lowest BCUT2D eigenvalue weighted by molar-refractivity contribution is -0.124. The molecule has 1 fully saturated rings. The first-order chi connectivity index (χ1) is 9.56. The molecular weight excluding hydrogens is 285 g/mol. The Kier molecular flexibility index (Phi) is 5.20. The summed E-state index contributed by atoms with van der Waals surface area (Å²) in [6.07, 6.45) is 2.03. The van der Waals surface area contributed by atoms with Crippen LogP contribution in [0.2, 0.25) is 5.02 Å². The lowest BCUT2D eigenvalue weighted by atomic mass is 10.1.